The number of hydrogen-bond acceptors (Lipinski definition) is 4. The second-order valence-corrected chi connectivity index (χ2v) is 11.1. The van der Waals surface area contributed by atoms with Crippen LogP contribution in [-0.4, -0.2) is 40.5 Å². The van der Waals surface area contributed by atoms with Gasteiger partial charge in [0.15, 0.2) is 0 Å². The molecular formula is C18H14O4Se2. The fourth-order valence-corrected chi connectivity index (χ4v) is 7.59. The average Bonchev–Trinajstić information content (AvgIpc) is 3.21. The average molecular weight is 452 g/mol. The molecule has 0 N–H and O–H groups in total. The Bertz CT molecular complexity index is 921. The first-order chi connectivity index (χ1) is 11.7. The summed E-state index contributed by atoms with van der Waals surface area (Å²) in [6, 6.07) is 15.9. The Kier molecular flexibility index (Phi) is 4.29. The van der Waals surface area contributed by atoms with Crippen LogP contribution in [-0.2, 0) is 0 Å². The molecular weight excluding hydrogens is 438 g/mol. The Balaban J connectivity index is 1.53. The van der Waals surface area contributed by atoms with Gasteiger partial charge in [-0.3, -0.25) is 0 Å². The summed E-state index contributed by atoms with van der Waals surface area (Å²) in [7, 11) is 3.34. The molecule has 2 heterocycles. The Morgan fingerprint density at radius 1 is 0.667 bits per heavy atom. The van der Waals surface area contributed by atoms with Crippen molar-refractivity contribution in [2.75, 3.05) is 14.2 Å². The van der Waals surface area contributed by atoms with Crippen LogP contribution in [0.15, 0.2) is 57.4 Å². The molecule has 0 bridgehead atoms. The van der Waals surface area contributed by atoms with Gasteiger partial charge in [0.1, 0.15) is 0 Å². The summed E-state index contributed by atoms with van der Waals surface area (Å²) < 4.78 is 24.4. The summed E-state index contributed by atoms with van der Waals surface area (Å²) in [5.41, 5.74) is 1.80. The van der Waals surface area contributed by atoms with Gasteiger partial charge in [0.2, 0.25) is 0 Å². The standard InChI is InChI=1S/C18H14O4Se2/c1-19-13-3-5-15-11(7-13)9-17(21-15)23-24-18-10-12-8-14(20-2)4-6-16(12)22-18/h3-10H,1-2H3. The van der Waals surface area contributed by atoms with Crippen LogP contribution in [0.4, 0.5) is 0 Å². The van der Waals surface area contributed by atoms with E-state index in [-0.39, 0.29) is 26.3 Å². The van der Waals surface area contributed by atoms with Crippen LogP contribution >= 0.6 is 0 Å². The van der Waals surface area contributed by atoms with Crippen molar-refractivity contribution in [2.45, 2.75) is 0 Å². The maximum absolute atomic E-state index is 5.93. The summed E-state index contributed by atoms with van der Waals surface area (Å²) in [4.78, 5) is 0. The molecule has 0 aliphatic heterocycles. The summed E-state index contributed by atoms with van der Waals surface area (Å²) >= 11 is 0.467. The molecule has 0 amide bonds. The molecule has 4 aromatic rings. The van der Waals surface area contributed by atoms with Crippen LogP contribution in [0.25, 0.3) is 21.9 Å². The number of ether oxygens (including phenoxy) is 2. The SMILES string of the molecule is COc1ccc2oc([Se][Se]c3cc4cc(OC)ccc4o3)cc2c1. The van der Waals surface area contributed by atoms with E-state index in [0.717, 1.165) is 42.8 Å². The number of furan rings is 2. The predicted molar refractivity (Wildman–Crippen MR) is 96.3 cm³/mol. The zero-order valence-corrected chi connectivity index (χ0v) is 16.5. The third kappa shape index (κ3) is 3.06. The van der Waals surface area contributed by atoms with Gasteiger partial charge < -0.3 is 0 Å². The van der Waals surface area contributed by atoms with Gasteiger partial charge in [-0.2, -0.15) is 0 Å². The molecule has 0 aliphatic carbocycles. The van der Waals surface area contributed by atoms with Gasteiger partial charge in [-0.25, -0.2) is 0 Å². The van der Waals surface area contributed by atoms with Crippen LogP contribution in [0.2, 0.25) is 0 Å². The maximum atomic E-state index is 5.93. The van der Waals surface area contributed by atoms with Gasteiger partial charge in [0, 0.05) is 0 Å². The predicted octanol–water partition coefficient (Wildman–Crippen LogP) is 2.47. The first kappa shape index (κ1) is 15.7. The topological polar surface area (TPSA) is 44.7 Å². The summed E-state index contributed by atoms with van der Waals surface area (Å²) in [6.07, 6.45) is 0. The van der Waals surface area contributed by atoms with E-state index in [2.05, 4.69) is 12.1 Å². The van der Waals surface area contributed by atoms with Crippen molar-refractivity contribution in [1.82, 2.24) is 0 Å². The molecule has 0 unspecified atom stereocenters. The van der Waals surface area contributed by atoms with Crippen molar-refractivity contribution in [2.24, 2.45) is 0 Å². The van der Waals surface area contributed by atoms with Crippen molar-refractivity contribution >= 4 is 57.5 Å². The molecule has 0 atom stereocenters. The van der Waals surface area contributed by atoms with E-state index in [1.165, 1.54) is 0 Å². The molecule has 24 heavy (non-hydrogen) atoms. The van der Waals surface area contributed by atoms with Crippen molar-refractivity contribution < 1.29 is 18.3 Å². The summed E-state index contributed by atoms with van der Waals surface area (Å²) in [6.45, 7) is 0. The molecule has 0 saturated carbocycles. The van der Waals surface area contributed by atoms with Crippen LogP contribution in [0.3, 0.4) is 0 Å². The van der Waals surface area contributed by atoms with E-state index in [4.69, 9.17) is 18.3 Å². The van der Waals surface area contributed by atoms with Crippen molar-refractivity contribution in [3.05, 3.63) is 48.5 Å². The van der Waals surface area contributed by atoms with E-state index in [1.807, 2.05) is 36.4 Å². The minimum atomic E-state index is 0.233. The fourth-order valence-electron chi connectivity index (χ4n) is 2.41. The van der Waals surface area contributed by atoms with Crippen LogP contribution in [0.5, 0.6) is 11.5 Å². The number of methoxy groups -OCH3 is 2. The van der Waals surface area contributed by atoms with Gasteiger partial charge >= 0.3 is 150 Å². The van der Waals surface area contributed by atoms with Gasteiger partial charge in [-0.15, -0.1) is 0 Å². The fraction of sp³-hybridized carbons (Fsp3) is 0.111. The third-order valence-electron chi connectivity index (χ3n) is 3.61. The molecule has 0 aliphatic rings. The van der Waals surface area contributed by atoms with E-state index in [9.17, 15) is 0 Å². The Morgan fingerprint density at radius 3 is 1.54 bits per heavy atom. The quantitative estimate of drug-likeness (QED) is 0.437. The van der Waals surface area contributed by atoms with E-state index in [1.54, 1.807) is 14.2 Å². The van der Waals surface area contributed by atoms with Crippen LogP contribution < -0.4 is 18.8 Å². The molecule has 122 valence electrons. The molecule has 4 rings (SSSR count). The van der Waals surface area contributed by atoms with E-state index in [0.29, 0.717) is 0 Å². The van der Waals surface area contributed by atoms with Crippen molar-refractivity contribution in [3.8, 4) is 11.5 Å². The first-order valence-corrected chi connectivity index (χ1v) is 13.3. The van der Waals surface area contributed by atoms with Crippen molar-refractivity contribution in [3.63, 3.8) is 0 Å². The molecule has 0 spiro atoms. The molecule has 2 aromatic carbocycles. The van der Waals surface area contributed by atoms with Gasteiger partial charge in [-0.1, -0.05) is 0 Å². The molecule has 0 fully saturated rings. The number of hydrogen-bond donors (Lipinski definition) is 0. The Labute approximate surface area is 150 Å². The first-order valence-electron chi connectivity index (χ1n) is 7.25. The van der Waals surface area contributed by atoms with Crippen molar-refractivity contribution in [1.29, 1.82) is 0 Å². The molecule has 2 aromatic heterocycles. The van der Waals surface area contributed by atoms with E-state index < -0.39 is 0 Å². The minimum absolute atomic E-state index is 0.233. The zero-order valence-electron chi connectivity index (χ0n) is 13.1. The number of rotatable bonds is 5. The summed E-state index contributed by atoms with van der Waals surface area (Å²) in [5, 5.41) is 2.16. The Hall–Kier alpha value is -1.84. The molecule has 6 heteroatoms. The van der Waals surface area contributed by atoms with Gasteiger partial charge in [-0.05, 0) is 0 Å². The molecule has 4 nitrogen and oxygen atoms in total. The summed E-state index contributed by atoms with van der Waals surface area (Å²) in [5.74, 6) is 1.69. The second-order valence-electron chi connectivity index (χ2n) is 5.11. The van der Waals surface area contributed by atoms with Crippen LogP contribution in [0.1, 0.15) is 0 Å². The molecule has 0 saturated heterocycles. The zero-order chi connectivity index (χ0) is 16.5. The van der Waals surface area contributed by atoms with Crippen LogP contribution in [0, 0.1) is 0 Å². The number of fused-ring (bicyclic) bond motifs is 2. The van der Waals surface area contributed by atoms with Gasteiger partial charge in [0.25, 0.3) is 0 Å². The third-order valence-corrected chi connectivity index (χ3v) is 9.81. The monoisotopic (exact) mass is 454 g/mol. The number of benzene rings is 2. The molecule has 0 radical (unpaired) electrons. The second kappa shape index (κ2) is 6.58. The van der Waals surface area contributed by atoms with E-state index >= 15 is 0 Å². The Morgan fingerprint density at radius 2 is 1.12 bits per heavy atom. The van der Waals surface area contributed by atoms with Gasteiger partial charge in [0.05, 0.1) is 0 Å². The normalized spacial score (nSPS) is 11.2.